The lowest BCUT2D eigenvalue weighted by Gasteiger charge is -2.22. The molecule has 0 spiro atoms. The minimum absolute atomic E-state index is 0.0411. The highest BCUT2D eigenvalue weighted by Crippen LogP contribution is 2.13. The van der Waals surface area contributed by atoms with E-state index in [1.165, 1.54) is 18.4 Å². The van der Waals surface area contributed by atoms with Crippen LogP contribution in [0.25, 0.3) is 0 Å². The van der Waals surface area contributed by atoms with Crippen molar-refractivity contribution >= 4 is 5.91 Å². The van der Waals surface area contributed by atoms with Crippen LogP contribution in [0, 0.1) is 5.92 Å². The summed E-state index contributed by atoms with van der Waals surface area (Å²) in [4.78, 5) is 14.3. The van der Waals surface area contributed by atoms with Crippen LogP contribution in [-0.2, 0) is 6.54 Å². The molecule has 1 aromatic carbocycles. The second-order valence-corrected chi connectivity index (χ2v) is 6.20. The summed E-state index contributed by atoms with van der Waals surface area (Å²) in [6, 6.07) is 7.89. The van der Waals surface area contributed by atoms with Crippen LogP contribution in [0.2, 0.25) is 0 Å². The first kappa shape index (κ1) is 16.0. The van der Waals surface area contributed by atoms with Gasteiger partial charge in [0.15, 0.2) is 0 Å². The highest BCUT2D eigenvalue weighted by atomic mass is 16.1. The quantitative estimate of drug-likeness (QED) is 0.840. The summed E-state index contributed by atoms with van der Waals surface area (Å²) in [5.41, 5.74) is 1.93. The van der Waals surface area contributed by atoms with E-state index >= 15 is 0 Å². The van der Waals surface area contributed by atoms with E-state index in [2.05, 4.69) is 21.6 Å². The predicted molar refractivity (Wildman–Crippen MR) is 86.4 cm³/mol. The predicted octanol–water partition coefficient (Wildman–Crippen LogP) is 1.87. The molecule has 1 aromatic rings. The van der Waals surface area contributed by atoms with Gasteiger partial charge in [-0.3, -0.25) is 4.79 Å². The average Bonchev–Trinajstić information content (AvgIpc) is 2.48. The van der Waals surface area contributed by atoms with Crippen LogP contribution in [0.5, 0.6) is 0 Å². The number of amides is 1. The van der Waals surface area contributed by atoms with Crippen molar-refractivity contribution in [3.05, 3.63) is 35.4 Å². The van der Waals surface area contributed by atoms with E-state index in [9.17, 15) is 4.79 Å². The van der Waals surface area contributed by atoms with Crippen molar-refractivity contribution in [2.45, 2.75) is 25.8 Å². The molecule has 4 nitrogen and oxygen atoms in total. The van der Waals surface area contributed by atoms with Crippen LogP contribution < -0.4 is 10.6 Å². The summed E-state index contributed by atoms with van der Waals surface area (Å²) in [5, 5.41) is 6.46. The first-order valence-electron chi connectivity index (χ1n) is 7.88. The SMILES string of the molecule is CN(C)Cc1cccc(C(=O)NCCC2CCCNC2)c1. The van der Waals surface area contributed by atoms with E-state index in [0.717, 1.165) is 38.2 Å². The van der Waals surface area contributed by atoms with Crippen molar-refractivity contribution in [2.24, 2.45) is 5.92 Å². The molecule has 1 amide bonds. The van der Waals surface area contributed by atoms with Gasteiger partial charge in [-0.15, -0.1) is 0 Å². The molecule has 1 saturated heterocycles. The van der Waals surface area contributed by atoms with Crippen molar-refractivity contribution in [2.75, 3.05) is 33.7 Å². The lowest BCUT2D eigenvalue weighted by molar-refractivity contribution is 0.0950. The van der Waals surface area contributed by atoms with Crippen LogP contribution in [0.3, 0.4) is 0 Å². The third-order valence-electron chi connectivity index (χ3n) is 3.93. The van der Waals surface area contributed by atoms with Gasteiger partial charge in [0, 0.05) is 18.7 Å². The van der Waals surface area contributed by atoms with Gasteiger partial charge in [0.2, 0.25) is 0 Å². The molecule has 0 saturated carbocycles. The minimum Gasteiger partial charge on any atom is -0.352 e. The normalized spacial score (nSPS) is 18.7. The smallest absolute Gasteiger partial charge is 0.251 e. The molecule has 1 fully saturated rings. The maximum Gasteiger partial charge on any atom is 0.251 e. The fraction of sp³-hybridized carbons (Fsp3) is 0.588. The van der Waals surface area contributed by atoms with Crippen molar-refractivity contribution in [3.63, 3.8) is 0 Å². The van der Waals surface area contributed by atoms with Crippen LogP contribution in [-0.4, -0.2) is 44.5 Å². The van der Waals surface area contributed by atoms with Crippen molar-refractivity contribution in [1.82, 2.24) is 15.5 Å². The zero-order valence-corrected chi connectivity index (χ0v) is 13.2. The Hall–Kier alpha value is -1.39. The third kappa shape index (κ3) is 5.48. The summed E-state index contributed by atoms with van der Waals surface area (Å²) >= 11 is 0. The first-order chi connectivity index (χ1) is 10.1. The molecule has 1 atom stereocenters. The number of carbonyl (C=O) groups is 1. The molecular formula is C17H27N3O. The van der Waals surface area contributed by atoms with E-state index < -0.39 is 0 Å². The fourth-order valence-electron chi connectivity index (χ4n) is 2.84. The van der Waals surface area contributed by atoms with Crippen LogP contribution in [0.15, 0.2) is 24.3 Å². The van der Waals surface area contributed by atoms with Crippen molar-refractivity contribution in [1.29, 1.82) is 0 Å². The number of hydrogen-bond acceptors (Lipinski definition) is 3. The molecule has 21 heavy (non-hydrogen) atoms. The Balaban J connectivity index is 1.79. The van der Waals surface area contributed by atoms with Crippen molar-refractivity contribution < 1.29 is 4.79 Å². The maximum atomic E-state index is 12.2. The standard InChI is InChI=1S/C17H27N3O/c1-20(2)13-15-5-3-7-16(11-15)17(21)19-10-8-14-6-4-9-18-12-14/h3,5,7,11,14,18H,4,6,8-10,12-13H2,1-2H3,(H,19,21). The van der Waals surface area contributed by atoms with Crippen LogP contribution >= 0.6 is 0 Å². The summed E-state index contributed by atoms with van der Waals surface area (Å²) in [6.07, 6.45) is 3.60. The molecule has 1 unspecified atom stereocenters. The summed E-state index contributed by atoms with van der Waals surface area (Å²) in [7, 11) is 4.07. The minimum atomic E-state index is 0.0411. The molecule has 4 heteroatoms. The number of piperidine rings is 1. The van der Waals surface area contributed by atoms with E-state index in [0.29, 0.717) is 5.92 Å². The zero-order chi connectivity index (χ0) is 15.1. The molecule has 0 bridgehead atoms. The number of nitrogens with zero attached hydrogens (tertiary/aromatic N) is 1. The monoisotopic (exact) mass is 289 g/mol. The summed E-state index contributed by atoms with van der Waals surface area (Å²) < 4.78 is 0. The molecule has 0 radical (unpaired) electrons. The number of rotatable bonds is 6. The molecule has 1 aliphatic rings. The Morgan fingerprint density at radius 1 is 1.43 bits per heavy atom. The highest BCUT2D eigenvalue weighted by molar-refractivity contribution is 5.94. The Labute approximate surface area is 127 Å². The number of carbonyl (C=O) groups excluding carboxylic acids is 1. The van der Waals surface area contributed by atoms with Gasteiger partial charge in [0.25, 0.3) is 5.91 Å². The highest BCUT2D eigenvalue weighted by Gasteiger charge is 2.13. The van der Waals surface area contributed by atoms with E-state index in [1.807, 2.05) is 32.3 Å². The van der Waals surface area contributed by atoms with Crippen LogP contribution in [0.4, 0.5) is 0 Å². The van der Waals surface area contributed by atoms with Gasteiger partial charge < -0.3 is 15.5 Å². The Kier molecular flexibility index (Phi) is 6.21. The second kappa shape index (κ2) is 8.15. The van der Waals surface area contributed by atoms with Gasteiger partial charge in [0.05, 0.1) is 0 Å². The third-order valence-corrected chi connectivity index (χ3v) is 3.93. The lowest BCUT2D eigenvalue weighted by atomic mass is 9.96. The number of benzene rings is 1. The topological polar surface area (TPSA) is 44.4 Å². The maximum absolute atomic E-state index is 12.2. The Morgan fingerprint density at radius 2 is 2.29 bits per heavy atom. The van der Waals surface area contributed by atoms with Gasteiger partial charge in [-0.05, 0) is 70.1 Å². The Morgan fingerprint density at radius 3 is 3.00 bits per heavy atom. The second-order valence-electron chi connectivity index (χ2n) is 6.20. The molecule has 116 valence electrons. The molecular weight excluding hydrogens is 262 g/mol. The van der Waals surface area contributed by atoms with Gasteiger partial charge in [0.1, 0.15) is 0 Å². The Bertz CT molecular complexity index is 453. The molecule has 1 aliphatic heterocycles. The van der Waals surface area contributed by atoms with E-state index in [4.69, 9.17) is 0 Å². The summed E-state index contributed by atoms with van der Waals surface area (Å²) in [5.74, 6) is 0.749. The van der Waals surface area contributed by atoms with Gasteiger partial charge in [-0.25, -0.2) is 0 Å². The van der Waals surface area contributed by atoms with Gasteiger partial charge in [-0.1, -0.05) is 12.1 Å². The molecule has 0 aliphatic carbocycles. The summed E-state index contributed by atoms with van der Waals surface area (Å²) in [6.45, 7) is 3.85. The molecule has 2 N–H and O–H groups in total. The van der Waals surface area contributed by atoms with Crippen LogP contribution in [0.1, 0.15) is 35.2 Å². The average molecular weight is 289 g/mol. The first-order valence-corrected chi connectivity index (χ1v) is 7.88. The molecule has 2 rings (SSSR count). The fourth-order valence-corrected chi connectivity index (χ4v) is 2.84. The zero-order valence-electron chi connectivity index (χ0n) is 13.2. The van der Waals surface area contributed by atoms with Gasteiger partial charge in [-0.2, -0.15) is 0 Å². The van der Waals surface area contributed by atoms with Crippen molar-refractivity contribution in [3.8, 4) is 0 Å². The largest absolute Gasteiger partial charge is 0.352 e. The number of nitrogens with one attached hydrogen (secondary N) is 2. The van der Waals surface area contributed by atoms with E-state index in [1.54, 1.807) is 0 Å². The number of hydrogen-bond donors (Lipinski definition) is 2. The molecule has 0 aromatic heterocycles. The molecule has 1 heterocycles. The van der Waals surface area contributed by atoms with E-state index in [-0.39, 0.29) is 5.91 Å². The lowest BCUT2D eigenvalue weighted by Crippen LogP contribution is -2.33. The van der Waals surface area contributed by atoms with Gasteiger partial charge >= 0.3 is 0 Å².